The van der Waals surface area contributed by atoms with Crippen molar-refractivity contribution in [3.8, 4) is 0 Å². The third kappa shape index (κ3) is 10.9. The van der Waals surface area contributed by atoms with Crippen molar-refractivity contribution in [2.45, 2.75) is 0 Å². The van der Waals surface area contributed by atoms with Gasteiger partial charge >= 0.3 is 23.1 Å². The minimum atomic E-state index is 0. The predicted molar refractivity (Wildman–Crippen MR) is 48.2 cm³/mol. The molecule has 0 N–H and O–H groups in total. The molecule has 0 bridgehead atoms. The van der Waals surface area contributed by atoms with E-state index in [0.29, 0.717) is 0 Å². The summed E-state index contributed by atoms with van der Waals surface area (Å²) in [6.07, 6.45) is 0. The smallest absolute Gasteiger partial charge is 0.521 e. The van der Waals surface area contributed by atoms with Crippen LogP contribution >= 0.6 is 12.4 Å². The summed E-state index contributed by atoms with van der Waals surface area (Å²) in [5.41, 5.74) is 0. The molecule has 1 aromatic rings. The topological polar surface area (TPSA) is 0 Å². The summed E-state index contributed by atoms with van der Waals surface area (Å²) in [5.74, 6) is 0. The molecule has 0 fully saturated rings. The van der Waals surface area contributed by atoms with E-state index in [4.69, 9.17) is 0 Å². The number of benzene rings is 1. The molecular formula is C8H9ClMg. The van der Waals surface area contributed by atoms with Crippen LogP contribution in [0.15, 0.2) is 36.9 Å². The van der Waals surface area contributed by atoms with E-state index < -0.39 is 0 Å². The van der Waals surface area contributed by atoms with Gasteiger partial charge in [-0.3, -0.25) is 6.58 Å². The Morgan fingerprint density at radius 1 is 1.00 bits per heavy atom. The van der Waals surface area contributed by atoms with Gasteiger partial charge < -0.3 is 6.58 Å². The van der Waals surface area contributed by atoms with E-state index in [-0.39, 0.29) is 35.5 Å². The van der Waals surface area contributed by atoms with Gasteiger partial charge in [0, 0.05) is 0 Å². The van der Waals surface area contributed by atoms with Crippen LogP contribution in [0.4, 0.5) is 0 Å². The van der Waals surface area contributed by atoms with Crippen molar-refractivity contribution in [3.63, 3.8) is 0 Å². The summed E-state index contributed by atoms with van der Waals surface area (Å²) in [6.45, 7) is 7.00. The summed E-state index contributed by atoms with van der Waals surface area (Å²) in [4.78, 5) is 0. The quantitative estimate of drug-likeness (QED) is 0.408. The Balaban J connectivity index is -0.000000114. The minimum Gasteiger partial charge on any atom is -0.521 e. The first kappa shape index (κ1) is 16.5. The fraction of sp³-hybridized carbons (Fsp3) is 0. The Kier molecular flexibility index (Phi) is 26.5. The zero-order valence-electron chi connectivity index (χ0n) is 5.79. The van der Waals surface area contributed by atoms with Gasteiger partial charge in [-0.2, -0.15) is 36.4 Å². The van der Waals surface area contributed by atoms with Gasteiger partial charge in [-0.05, 0) is 0 Å². The third-order valence-corrected chi connectivity index (χ3v) is 0.607. The van der Waals surface area contributed by atoms with Crippen LogP contribution in [0.25, 0.3) is 0 Å². The second kappa shape index (κ2) is 16.0. The van der Waals surface area contributed by atoms with Crippen molar-refractivity contribution >= 4 is 35.5 Å². The molecule has 1 rings (SSSR count). The zero-order valence-corrected chi connectivity index (χ0v) is 8.02. The van der Waals surface area contributed by atoms with Crippen LogP contribution < -0.4 is 0 Å². The predicted octanol–water partition coefficient (Wildman–Crippen LogP) is 2.13. The van der Waals surface area contributed by atoms with Crippen LogP contribution in [-0.4, -0.2) is 23.1 Å². The molecule has 0 saturated heterocycles. The Bertz CT molecular complexity index is 92.1. The molecule has 2 heteroatoms. The molecule has 0 nitrogen and oxygen atoms in total. The molecule has 0 heterocycles. The van der Waals surface area contributed by atoms with Gasteiger partial charge in [-0.15, -0.1) is 12.4 Å². The number of hydrogen-bond acceptors (Lipinski definition) is 0. The second-order valence-electron chi connectivity index (χ2n) is 1.08. The molecule has 0 spiro atoms. The van der Waals surface area contributed by atoms with Gasteiger partial charge in [0.15, 0.2) is 0 Å². The van der Waals surface area contributed by atoms with Crippen LogP contribution in [0.5, 0.6) is 0 Å². The normalized spacial score (nSPS) is 5.20. The van der Waals surface area contributed by atoms with Crippen molar-refractivity contribution in [1.29, 1.82) is 0 Å². The Labute approximate surface area is 84.9 Å². The minimum absolute atomic E-state index is 0. The van der Waals surface area contributed by atoms with Crippen molar-refractivity contribution < 1.29 is 0 Å². The summed E-state index contributed by atoms with van der Waals surface area (Å²) in [6, 6.07) is 12.5. The molecule has 1 aromatic carbocycles. The van der Waals surface area contributed by atoms with E-state index in [1.54, 1.807) is 0 Å². The van der Waals surface area contributed by atoms with Gasteiger partial charge in [0.25, 0.3) is 0 Å². The molecule has 0 aliphatic carbocycles. The van der Waals surface area contributed by atoms with Crippen molar-refractivity contribution in [2.75, 3.05) is 0 Å². The van der Waals surface area contributed by atoms with Crippen LogP contribution in [-0.2, 0) is 0 Å². The van der Waals surface area contributed by atoms with E-state index >= 15 is 0 Å². The van der Waals surface area contributed by atoms with E-state index in [9.17, 15) is 0 Å². The summed E-state index contributed by atoms with van der Waals surface area (Å²) in [5, 5.41) is 0. The van der Waals surface area contributed by atoms with Gasteiger partial charge in [-0.25, -0.2) is 0 Å². The maximum Gasteiger partial charge on any atom is 2.00 e. The van der Waals surface area contributed by atoms with Crippen molar-refractivity contribution in [1.82, 2.24) is 0 Å². The monoisotopic (exact) mass is 164 g/mol. The van der Waals surface area contributed by atoms with Gasteiger partial charge in [0.1, 0.15) is 0 Å². The van der Waals surface area contributed by atoms with Crippen LogP contribution in [0.2, 0.25) is 0 Å². The van der Waals surface area contributed by atoms with Crippen molar-refractivity contribution in [3.05, 3.63) is 49.6 Å². The van der Waals surface area contributed by atoms with E-state index in [2.05, 4.69) is 19.2 Å². The number of halogens is 1. The average Bonchev–Trinajstić information content (AvgIpc) is 1.96. The Morgan fingerprint density at radius 3 is 1.50 bits per heavy atom. The Hall–Kier alpha value is 0.0162. The third-order valence-electron chi connectivity index (χ3n) is 0.607. The maximum atomic E-state index is 4.25. The SMILES string of the molecule is Cl.[CH-]=C.[Mg+2].[c-]1ccccc1. The first-order chi connectivity index (χ1) is 4.00. The standard InChI is InChI=1S/C6H5.C2H3.ClH.Mg/c1-2-4-6-5-3-1;1-2;;/h1-5H;1H,2H2;1H;/q2*-1;;+2. The zero-order chi connectivity index (χ0) is 6.24. The maximum absolute atomic E-state index is 4.25. The largest absolute Gasteiger partial charge is 2.00 e. The van der Waals surface area contributed by atoms with Crippen LogP contribution in [0.3, 0.4) is 0 Å². The first-order valence-corrected chi connectivity index (χ1v) is 2.32. The molecule has 10 heavy (non-hydrogen) atoms. The summed E-state index contributed by atoms with van der Waals surface area (Å²) < 4.78 is 0. The molecular weight excluding hydrogens is 156 g/mol. The van der Waals surface area contributed by atoms with E-state index in [1.165, 1.54) is 0 Å². The molecule has 0 unspecified atom stereocenters. The summed E-state index contributed by atoms with van der Waals surface area (Å²) >= 11 is 0. The second-order valence-corrected chi connectivity index (χ2v) is 1.08. The molecule has 0 amide bonds. The van der Waals surface area contributed by atoms with Gasteiger partial charge in [0.2, 0.25) is 0 Å². The molecule has 0 aromatic heterocycles. The molecule has 0 saturated carbocycles. The molecule has 0 aliphatic rings. The molecule has 0 atom stereocenters. The van der Waals surface area contributed by atoms with Gasteiger partial charge in [-0.1, -0.05) is 0 Å². The van der Waals surface area contributed by atoms with E-state index in [1.807, 2.05) is 30.3 Å². The molecule has 50 valence electrons. The molecule has 0 radical (unpaired) electrons. The summed E-state index contributed by atoms with van der Waals surface area (Å²) in [7, 11) is 0. The number of rotatable bonds is 0. The fourth-order valence-corrected chi connectivity index (χ4v) is 0.342. The fourth-order valence-electron chi connectivity index (χ4n) is 0.342. The van der Waals surface area contributed by atoms with Crippen LogP contribution in [0.1, 0.15) is 0 Å². The first-order valence-electron chi connectivity index (χ1n) is 2.32. The van der Waals surface area contributed by atoms with Crippen LogP contribution in [0, 0.1) is 12.6 Å². The van der Waals surface area contributed by atoms with Gasteiger partial charge in [0.05, 0.1) is 0 Å². The average molecular weight is 165 g/mol. The van der Waals surface area contributed by atoms with Crippen molar-refractivity contribution in [2.24, 2.45) is 0 Å². The Morgan fingerprint density at radius 2 is 1.40 bits per heavy atom. The number of hydrogen-bond donors (Lipinski definition) is 0. The van der Waals surface area contributed by atoms with E-state index in [0.717, 1.165) is 0 Å². The molecule has 0 aliphatic heterocycles.